The van der Waals surface area contributed by atoms with Crippen LogP contribution in [-0.2, 0) is 0 Å². The monoisotopic (exact) mass is 327 g/mol. The van der Waals surface area contributed by atoms with E-state index in [0.29, 0.717) is 0 Å². The van der Waals surface area contributed by atoms with Crippen molar-refractivity contribution in [1.82, 2.24) is 14.5 Å². The van der Waals surface area contributed by atoms with Crippen molar-refractivity contribution in [2.24, 2.45) is 0 Å². The molecule has 3 rings (SSSR count). The molecule has 0 aliphatic carbocycles. The summed E-state index contributed by atoms with van der Waals surface area (Å²) in [7, 11) is 4.08. The summed E-state index contributed by atoms with van der Waals surface area (Å²) in [6.07, 6.45) is 3.60. The lowest BCUT2D eigenvalue weighted by molar-refractivity contribution is 0.390. The zero-order valence-corrected chi connectivity index (χ0v) is 13.9. The van der Waals surface area contributed by atoms with E-state index in [1.165, 1.54) is 17.7 Å². The maximum atomic E-state index is 13.5. The molecule has 0 radical (unpaired) electrons. The average Bonchev–Trinajstić information content (AvgIpc) is 3.01. The summed E-state index contributed by atoms with van der Waals surface area (Å²) in [6.45, 7) is 0. The van der Waals surface area contributed by atoms with Crippen LogP contribution in [-0.4, -0.2) is 28.5 Å². The highest BCUT2D eigenvalue weighted by molar-refractivity contribution is 7.99. The quantitative estimate of drug-likeness (QED) is 0.513. The van der Waals surface area contributed by atoms with Crippen molar-refractivity contribution in [1.29, 1.82) is 0 Å². The lowest BCUT2D eigenvalue weighted by Crippen LogP contribution is -2.17. The van der Waals surface area contributed by atoms with Crippen molar-refractivity contribution in [3.05, 3.63) is 78.4 Å². The minimum atomic E-state index is -0.251. The zero-order chi connectivity index (χ0) is 16.2. The second-order valence-electron chi connectivity index (χ2n) is 5.40. The molecule has 0 amide bonds. The predicted octanol–water partition coefficient (Wildman–Crippen LogP) is 4.36. The SMILES string of the molecule is CN(C)C(Sc1nccn1-c1cccc(F)c1)c1ccccc1. The topological polar surface area (TPSA) is 21.1 Å². The number of imidazole rings is 1. The number of hydrogen-bond donors (Lipinski definition) is 0. The molecule has 0 bridgehead atoms. The normalized spacial score (nSPS) is 12.5. The summed E-state index contributed by atoms with van der Waals surface area (Å²) in [6, 6.07) is 16.8. The van der Waals surface area contributed by atoms with Crippen LogP contribution in [0.15, 0.2) is 72.1 Å². The third kappa shape index (κ3) is 3.63. The minimum absolute atomic E-state index is 0.130. The van der Waals surface area contributed by atoms with Gasteiger partial charge in [-0.05, 0) is 37.9 Å². The lowest BCUT2D eigenvalue weighted by atomic mass is 10.2. The van der Waals surface area contributed by atoms with Crippen LogP contribution in [0.3, 0.4) is 0 Å². The highest BCUT2D eigenvalue weighted by atomic mass is 32.2. The maximum Gasteiger partial charge on any atom is 0.174 e. The Kier molecular flexibility index (Phi) is 4.79. The van der Waals surface area contributed by atoms with Crippen LogP contribution >= 0.6 is 11.8 Å². The van der Waals surface area contributed by atoms with Gasteiger partial charge in [0.05, 0.1) is 11.1 Å². The van der Waals surface area contributed by atoms with Crippen molar-refractivity contribution < 1.29 is 4.39 Å². The van der Waals surface area contributed by atoms with Gasteiger partial charge in [0, 0.05) is 12.4 Å². The Morgan fingerprint density at radius 3 is 2.57 bits per heavy atom. The standard InChI is InChI=1S/C18H18FN3S/c1-21(2)17(14-7-4-3-5-8-14)23-18-20-11-12-22(18)16-10-6-9-15(19)13-16/h3-13,17H,1-2H3. The van der Waals surface area contributed by atoms with Crippen LogP contribution in [0.4, 0.5) is 4.39 Å². The molecule has 1 aromatic heterocycles. The first-order valence-corrected chi connectivity index (χ1v) is 8.20. The third-order valence-corrected chi connectivity index (χ3v) is 4.89. The van der Waals surface area contributed by atoms with Gasteiger partial charge in [0.15, 0.2) is 5.16 Å². The van der Waals surface area contributed by atoms with Gasteiger partial charge in [-0.2, -0.15) is 0 Å². The molecule has 0 N–H and O–H groups in total. The van der Waals surface area contributed by atoms with Crippen molar-refractivity contribution in [3.63, 3.8) is 0 Å². The number of thioether (sulfide) groups is 1. The van der Waals surface area contributed by atoms with Gasteiger partial charge < -0.3 is 0 Å². The van der Waals surface area contributed by atoms with Crippen LogP contribution in [0, 0.1) is 5.82 Å². The number of rotatable bonds is 5. The molecule has 1 heterocycles. The molecule has 0 saturated carbocycles. The number of hydrogen-bond acceptors (Lipinski definition) is 3. The van der Waals surface area contributed by atoms with E-state index in [1.54, 1.807) is 24.0 Å². The van der Waals surface area contributed by atoms with Crippen molar-refractivity contribution in [2.45, 2.75) is 10.5 Å². The van der Waals surface area contributed by atoms with Gasteiger partial charge in [0.1, 0.15) is 5.82 Å². The van der Waals surface area contributed by atoms with Gasteiger partial charge >= 0.3 is 0 Å². The predicted molar refractivity (Wildman–Crippen MR) is 92.2 cm³/mol. The van der Waals surface area contributed by atoms with Gasteiger partial charge in [-0.15, -0.1) is 0 Å². The fourth-order valence-corrected chi connectivity index (χ4v) is 3.49. The molecule has 2 aromatic carbocycles. The van der Waals surface area contributed by atoms with Gasteiger partial charge in [-0.25, -0.2) is 9.37 Å². The summed E-state index contributed by atoms with van der Waals surface area (Å²) >= 11 is 1.64. The van der Waals surface area contributed by atoms with E-state index in [4.69, 9.17) is 0 Å². The van der Waals surface area contributed by atoms with Crippen LogP contribution in [0.1, 0.15) is 10.9 Å². The summed E-state index contributed by atoms with van der Waals surface area (Å²) in [5.41, 5.74) is 1.98. The number of aromatic nitrogens is 2. The largest absolute Gasteiger partial charge is 0.295 e. The van der Waals surface area contributed by atoms with E-state index < -0.39 is 0 Å². The molecule has 0 aliphatic rings. The minimum Gasteiger partial charge on any atom is -0.295 e. The first-order valence-electron chi connectivity index (χ1n) is 7.32. The Morgan fingerprint density at radius 1 is 1.09 bits per heavy atom. The number of benzene rings is 2. The van der Waals surface area contributed by atoms with Gasteiger partial charge in [-0.1, -0.05) is 48.2 Å². The molecule has 0 saturated heterocycles. The Labute approximate surface area is 139 Å². The molecule has 1 atom stereocenters. The molecular formula is C18H18FN3S. The van der Waals surface area contributed by atoms with E-state index in [-0.39, 0.29) is 11.2 Å². The van der Waals surface area contributed by atoms with E-state index in [0.717, 1.165) is 10.8 Å². The van der Waals surface area contributed by atoms with Crippen molar-refractivity contribution >= 4 is 11.8 Å². The molecular weight excluding hydrogens is 309 g/mol. The van der Waals surface area contributed by atoms with E-state index in [2.05, 4.69) is 22.0 Å². The molecule has 118 valence electrons. The van der Waals surface area contributed by atoms with Crippen LogP contribution < -0.4 is 0 Å². The molecule has 0 fully saturated rings. The fraction of sp³-hybridized carbons (Fsp3) is 0.167. The third-order valence-electron chi connectivity index (χ3n) is 3.46. The average molecular weight is 327 g/mol. The van der Waals surface area contributed by atoms with Gasteiger partial charge in [0.2, 0.25) is 0 Å². The van der Waals surface area contributed by atoms with Crippen molar-refractivity contribution in [3.8, 4) is 5.69 Å². The van der Waals surface area contributed by atoms with Gasteiger partial charge in [-0.3, -0.25) is 9.47 Å². The maximum absolute atomic E-state index is 13.5. The van der Waals surface area contributed by atoms with Crippen LogP contribution in [0.2, 0.25) is 0 Å². The first-order chi connectivity index (χ1) is 11.1. The molecule has 5 heteroatoms. The molecule has 1 unspecified atom stereocenters. The first kappa shape index (κ1) is 15.8. The van der Waals surface area contributed by atoms with Crippen LogP contribution in [0.25, 0.3) is 5.69 Å². The second kappa shape index (κ2) is 6.98. The molecule has 3 nitrogen and oxygen atoms in total. The highest BCUT2D eigenvalue weighted by Gasteiger charge is 2.18. The van der Waals surface area contributed by atoms with Crippen LogP contribution in [0.5, 0.6) is 0 Å². The summed E-state index contributed by atoms with van der Waals surface area (Å²) in [5.74, 6) is -0.251. The van der Waals surface area contributed by atoms with Gasteiger partial charge in [0.25, 0.3) is 0 Å². The number of halogens is 1. The van der Waals surface area contributed by atoms with E-state index in [1.807, 2.05) is 49.1 Å². The van der Waals surface area contributed by atoms with E-state index >= 15 is 0 Å². The zero-order valence-electron chi connectivity index (χ0n) is 13.1. The number of nitrogens with zero attached hydrogens (tertiary/aromatic N) is 3. The Balaban J connectivity index is 1.92. The van der Waals surface area contributed by atoms with Crippen molar-refractivity contribution in [2.75, 3.05) is 14.1 Å². The molecule has 0 aliphatic heterocycles. The fourth-order valence-electron chi connectivity index (χ4n) is 2.39. The molecule has 0 spiro atoms. The summed E-state index contributed by atoms with van der Waals surface area (Å²) in [4.78, 5) is 6.59. The lowest BCUT2D eigenvalue weighted by Gasteiger charge is -2.24. The highest BCUT2D eigenvalue weighted by Crippen LogP contribution is 2.36. The molecule has 3 aromatic rings. The summed E-state index contributed by atoms with van der Waals surface area (Å²) in [5, 5.41) is 0.962. The molecule has 23 heavy (non-hydrogen) atoms. The smallest absolute Gasteiger partial charge is 0.174 e. The Bertz CT molecular complexity index is 771. The summed E-state index contributed by atoms with van der Waals surface area (Å²) < 4.78 is 15.4. The second-order valence-corrected chi connectivity index (χ2v) is 6.45. The van der Waals surface area contributed by atoms with E-state index in [9.17, 15) is 4.39 Å². The Morgan fingerprint density at radius 2 is 1.87 bits per heavy atom. The Hall–Kier alpha value is -2.11.